The van der Waals surface area contributed by atoms with E-state index in [-0.39, 0.29) is 18.4 Å². The molecule has 3 rings (SSSR count). The summed E-state index contributed by atoms with van der Waals surface area (Å²) in [5.41, 5.74) is 0.461. The highest BCUT2D eigenvalue weighted by Gasteiger charge is 2.30. The summed E-state index contributed by atoms with van der Waals surface area (Å²) < 4.78 is 38.4. The molecule has 3 aromatic rings. The molecule has 0 bridgehead atoms. The molecular weight excluding hydrogens is 385 g/mol. The number of rotatable bonds is 6. The maximum atomic E-state index is 12.8. The number of hydrogen-bond acceptors (Lipinski definition) is 3. The molecule has 0 aliphatic rings. The molecule has 1 amide bonds. The van der Waals surface area contributed by atoms with Crippen LogP contribution in [0.15, 0.2) is 60.7 Å². The lowest BCUT2D eigenvalue weighted by Crippen LogP contribution is -2.43. The monoisotopic (exact) mass is 402 g/mol. The summed E-state index contributed by atoms with van der Waals surface area (Å²) in [4.78, 5) is 28.2. The smallest absolute Gasteiger partial charge is 0.416 e. The van der Waals surface area contributed by atoms with Gasteiger partial charge in [0, 0.05) is 17.5 Å². The van der Waals surface area contributed by atoms with E-state index in [4.69, 9.17) is 0 Å². The van der Waals surface area contributed by atoms with Crippen molar-refractivity contribution in [3.05, 3.63) is 77.5 Å². The number of carbonyl (C=O) groups excluding carboxylic acids is 1. The van der Waals surface area contributed by atoms with Gasteiger partial charge in [0.1, 0.15) is 6.04 Å². The van der Waals surface area contributed by atoms with E-state index in [0.29, 0.717) is 11.2 Å². The molecule has 1 atom stereocenters. The molecule has 0 saturated heterocycles. The Morgan fingerprint density at radius 2 is 1.79 bits per heavy atom. The predicted molar refractivity (Wildman–Crippen MR) is 100 cm³/mol. The SMILES string of the molecule is O=C(Cc1cccc(C(F)(F)F)c1)N[C@@H](Cc1ccc2ccccc2n1)C(=O)O. The zero-order valence-corrected chi connectivity index (χ0v) is 15.1. The molecule has 0 unspecified atom stereocenters. The largest absolute Gasteiger partial charge is 0.480 e. The number of carbonyl (C=O) groups is 2. The molecule has 2 aromatic carbocycles. The number of alkyl halides is 3. The molecule has 8 heteroatoms. The van der Waals surface area contributed by atoms with Crippen molar-refractivity contribution >= 4 is 22.8 Å². The number of para-hydroxylation sites is 1. The van der Waals surface area contributed by atoms with Crippen LogP contribution in [0, 0.1) is 0 Å². The van der Waals surface area contributed by atoms with Crippen LogP contribution < -0.4 is 5.32 Å². The number of carboxylic acid groups (broad SMARTS) is 1. The number of nitrogens with zero attached hydrogens (tertiary/aromatic N) is 1. The Morgan fingerprint density at radius 1 is 1.03 bits per heavy atom. The molecule has 0 saturated carbocycles. The molecule has 0 spiro atoms. The fourth-order valence-corrected chi connectivity index (χ4v) is 2.92. The van der Waals surface area contributed by atoms with E-state index in [2.05, 4.69) is 10.3 Å². The number of pyridine rings is 1. The topological polar surface area (TPSA) is 79.3 Å². The number of amides is 1. The van der Waals surface area contributed by atoms with E-state index < -0.39 is 29.7 Å². The van der Waals surface area contributed by atoms with Crippen molar-refractivity contribution in [2.24, 2.45) is 0 Å². The first-order valence-electron chi connectivity index (χ1n) is 8.75. The molecule has 2 N–H and O–H groups in total. The van der Waals surface area contributed by atoms with Crippen molar-refractivity contribution in [1.82, 2.24) is 10.3 Å². The number of carboxylic acids is 1. The van der Waals surface area contributed by atoms with Gasteiger partial charge in [-0.25, -0.2) is 4.79 Å². The third kappa shape index (κ3) is 5.31. The van der Waals surface area contributed by atoms with E-state index in [1.807, 2.05) is 18.2 Å². The number of aliphatic carboxylic acids is 1. The quantitative estimate of drug-likeness (QED) is 0.660. The second-order valence-corrected chi connectivity index (χ2v) is 6.53. The van der Waals surface area contributed by atoms with Crippen molar-refractivity contribution in [1.29, 1.82) is 0 Å². The third-order valence-corrected chi connectivity index (χ3v) is 4.32. The van der Waals surface area contributed by atoms with Gasteiger partial charge in [-0.3, -0.25) is 9.78 Å². The van der Waals surface area contributed by atoms with Crippen LogP contribution in [0.2, 0.25) is 0 Å². The lowest BCUT2D eigenvalue weighted by atomic mass is 10.1. The van der Waals surface area contributed by atoms with E-state index in [1.54, 1.807) is 18.2 Å². The van der Waals surface area contributed by atoms with Crippen molar-refractivity contribution in [2.45, 2.75) is 25.1 Å². The van der Waals surface area contributed by atoms with E-state index >= 15 is 0 Å². The van der Waals surface area contributed by atoms with Gasteiger partial charge in [0.2, 0.25) is 5.91 Å². The van der Waals surface area contributed by atoms with Gasteiger partial charge in [-0.1, -0.05) is 42.5 Å². The Kier molecular flexibility index (Phi) is 5.81. The fraction of sp³-hybridized carbons (Fsp3) is 0.190. The van der Waals surface area contributed by atoms with Crippen LogP contribution in [-0.2, 0) is 28.6 Å². The maximum Gasteiger partial charge on any atom is 0.416 e. The molecule has 29 heavy (non-hydrogen) atoms. The first kappa shape index (κ1) is 20.3. The molecule has 150 valence electrons. The summed E-state index contributed by atoms with van der Waals surface area (Å²) in [6.45, 7) is 0. The first-order chi connectivity index (χ1) is 13.7. The average molecular weight is 402 g/mol. The minimum atomic E-state index is -4.52. The Balaban J connectivity index is 1.70. The zero-order valence-electron chi connectivity index (χ0n) is 15.1. The number of nitrogens with one attached hydrogen (secondary N) is 1. The summed E-state index contributed by atoms with van der Waals surface area (Å²) >= 11 is 0. The van der Waals surface area contributed by atoms with E-state index in [9.17, 15) is 27.9 Å². The van der Waals surface area contributed by atoms with E-state index in [1.165, 1.54) is 12.1 Å². The molecule has 1 heterocycles. The van der Waals surface area contributed by atoms with Gasteiger partial charge < -0.3 is 10.4 Å². The minimum Gasteiger partial charge on any atom is -0.480 e. The Morgan fingerprint density at radius 3 is 2.52 bits per heavy atom. The molecular formula is C21H17F3N2O3. The Hall–Kier alpha value is -3.42. The van der Waals surface area contributed by atoms with Crippen molar-refractivity contribution in [2.75, 3.05) is 0 Å². The van der Waals surface area contributed by atoms with Crippen LogP contribution >= 0.6 is 0 Å². The van der Waals surface area contributed by atoms with Crippen LogP contribution in [0.25, 0.3) is 10.9 Å². The van der Waals surface area contributed by atoms with Crippen molar-refractivity contribution in [3.8, 4) is 0 Å². The van der Waals surface area contributed by atoms with Crippen LogP contribution in [0.4, 0.5) is 13.2 Å². The number of aromatic nitrogens is 1. The number of fused-ring (bicyclic) bond motifs is 1. The zero-order chi connectivity index (χ0) is 21.0. The summed E-state index contributed by atoms with van der Waals surface area (Å²) in [6, 6.07) is 13.9. The molecule has 0 aliphatic carbocycles. The average Bonchev–Trinajstić information content (AvgIpc) is 2.67. The van der Waals surface area contributed by atoms with Gasteiger partial charge in [0.25, 0.3) is 0 Å². The van der Waals surface area contributed by atoms with Crippen LogP contribution in [0.1, 0.15) is 16.8 Å². The summed E-state index contributed by atoms with van der Waals surface area (Å²) in [7, 11) is 0. The van der Waals surface area contributed by atoms with Crippen LogP contribution in [0.3, 0.4) is 0 Å². The second kappa shape index (κ2) is 8.30. The number of hydrogen-bond donors (Lipinski definition) is 2. The van der Waals surface area contributed by atoms with Crippen molar-refractivity contribution in [3.63, 3.8) is 0 Å². The summed E-state index contributed by atoms with van der Waals surface area (Å²) in [5, 5.41) is 12.7. The molecule has 0 fully saturated rings. The van der Waals surface area contributed by atoms with Crippen LogP contribution in [0.5, 0.6) is 0 Å². The summed E-state index contributed by atoms with van der Waals surface area (Å²) in [5.74, 6) is -1.94. The summed E-state index contributed by atoms with van der Waals surface area (Å²) in [6.07, 6.45) is -4.93. The second-order valence-electron chi connectivity index (χ2n) is 6.53. The van der Waals surface area contributed by atoms with Gasteiger partial charge in [-0.05, 0) is 23.8 Å². The van der Waals surface area contributed by atoms with Gasteiger partial charge in [0.05, 0.1) is 17.5 Å². The van der Waals surface area contributed by atoms with E-state index in [0.717, 1.165) is 17.5 Å². The van der Waals surface area contributed by atoms with Gasteiger partial charge in [-0.2, -0.15) is 13.2 Å². The fourth-order valence-electron chi connectivity index (χ4n) is 2.92. The standard InChI is InChI=1S/C21H17F3N2O3/c22-21(23,24)15-6-3-4-13(10-15)11-19(27)26-18(20(28)29)12-16-9-8-14-5-1-2-7-17(14)25-16/h1-10,18H,11-12H2,(H,26,27)(H,28,29)/t18-/m0/s1. The molecule has 1 aromatic heterocycles. The van der Waals surface area contributed by atoms with Gasteiger partial charge >= 0.3 is 12.1 Å². The number of benzene rings is 2. The van der Waals surface area contributed by atoms with Crippen molar-refractivity contribution < 1.29 is 27.9 Å². The highest BCUT2D eigenvalue weighted by atomic mass is 19.4. The Labute approximate surface area is 164 Å². The minimum absolute atomic E-state index is 0.0471. The highest BCUT2D eigenvalue weighted by molar-refractivity contribution is 5.85. The van der Waals surface area contributed by atoms with Crippen LogP contribution in [-0.4, -0.2) is 28.0 Å². The lowest BCUT2D eigenvalue weighted by molar-refractivity contribution is -0.141. The molecule has 0 aliphatic heterocycles. The van der Waals surface area contributed by atoms with Gasteiger partial charge in [0.15, 0.2) is 0 Å². The number of halogens is 3. The lowest BCUT2D eigenvalue weighted by Gasteiger charge is -2.15. The predicted octanol–water partition coefficient (Wildman–Crippen LogP) is 3.61. The maximum absolute atomic E-state index is 12.8. The third-order valence-electron chi connectivity index (χ3n) is 4.32. The Bertz CT molecular complexity index is 1050. The molecule has 5 nitrogen and oxygen atoms in total. The highest BCUT2D eigenvalue weighted by Crippen LogP contribution is 2.29. The first-order valence-corrected chi connectivity index (χ1v) is 8.75. The van der Waals surface area contributed by atoms with Gasteiger partial charge in [-0.15, -0.1) is 0 Å². The molecule has 0 radical (unpaired) electrons. The normalized spacial score (nSPS) is 12.5.